The van der Waals surface area contributed by atoms with Crippen molar-refractivity contribution in [3.8, 4) is 16.9 Å². The molecule has 0 aliphatic rings. The lowest BCUT2D eigenvalue weighted by molar-refractivity contribution is -0.134. The van der Waals surface area contributed by atoms with E-state index in [1.165, 1.54) is 4.90 Å². The summed E-state index contributed by atoms with van der Waals surface area (Å²) in [5, 5.41) is 11.3. The largest absolute Gasteiger partial charge is 0.444 e. The van der Waals surface area contributed by atoms with Gasteiger partial charge in [-0.3, -0.25) is 4.79 Å². The maximum absolute atomic E-state index is 12.9. The lowest BCUT2D eigenvalue weighted by Crippen LogP contribution is -2.40. The van der Waals surface area contributed by atoms with Crippen LogP contribution in [0.5, 0.6) is 5.75 Å². The molecular weight excluding hydrogens is 490 g/mol. The number of aliphatic hydroxyl groups is 1. The van der Waals surface area contributed by atoms with Gasteiger partial charge < -0.3 is 19.5 Å². The number of carbonyl (C=O) groups excluding carboxylic acids is 2. The summed E-state index contributed by atoms with van der Waals surface area (Å²) in [5.74, 6) is 0.238. The Labute approximate surface area is 223 Å². The smallest absolute Gasteiger partial charge is 0.410 e. The Hall–Kier alpha value is -3.35. The second-order valence-electron chi connectivity index (χ2n) is 9.80. The van der Waals surface area contributed by atoms with Crippen molar-refractivity contribution < 1.29 is 24.2 Å². The highest BCUT2D eigenvalue weighted by atomic mass is 35.5. The molecule has 3 aromatic rings. The average molecular weight is 524 g/mol. The van der Waals surface area contributed by atoms with Gasteiger partial charge in [-0.15, -0.1) is 0 Å². The lowest BCUT2D eigenvalue weighted by Gasteiger charge is -2.29. The zero-order chi connectivity index (χ0) is 27.0. The summed E-state index contributed by atoms with van der Waals surface area (Å²) in [6.45, 7) is 7.64. The van der Waals surface area contributed by atoms with Crippen molar-refractivity contribution in [3.63, 3.8) is 0 Å². The van der Waals surface area contributed by atoms with Gasteiger partial charge >= 0.3 is 12.1 Å². The predicted molar refractivity (Wildman–Crippen MR) is 146 cm³/mol. The third-order valence-corrected chi connectivity index (χ3v) is 5.83. The van der Waals surface area contributed by atoms with Crippen LogP contribution in [0.25, 0.3) is 11.1 Å². The minimum Gasteiger partial charge on any atom is -0.444 e. The van der Waals surface area contributed by atoms with Crippen LogP contribution < -0.4 is 4.74 Å². The van der Waals surface area contributed by atoms with Crippen LogP contribution in [0.3, 0.4) is 0 Å². The molecule has 3 rings (SSSR count). The Morgan fingerprint density at radius 3 is 2.32 bits per heavy atom. The van der Waals surface area contributed by atoms with Gasteiger partial charge in [0.1, 0.15) is 11.4 Å². The topological polar surface area (TPSA) is 76.1 Å². The number of aliphatic hydroxyl groups excluding tert-OH is 1. The summed E-state index contributed by atoms with van der Waals surface area (Å²) in [7, 11) is 0. The van der Waals surface area contributed by atoms with Crippen molar-refractivity contribution in [1.82, 2.24) is 4.90 Å². The predicted octanol–water partition coefficient (Wildman–Crippen LogP) is 6.84. The van der Waals surface area contributed by atoms with Gasteiger partial charge in [0.15, 0.2) is 0 Å². The van der Waals surface area contributed by atoms with Crippen molar-refractivity contribution in [3.05, 3.63) is 88.9 Å². The number of nitrogens with zero attached hydrogens (tertiary/aromatic N) is 1. The lowest BCUT2D eigenvalue weighted by atomic mass is 10.0. The van der Waals surface area contributed by atoms with Crippen LogP contribution in [-0.4, -0.2) is 40.8 Å². The van der Waals surface area contributed by atoms with E-state index in [4.69, 9.17) is 21.1 Å². The fourth-order valence-electron chi connectivity index (χ4n) is 3.68. The quantitative estimate of drug-likeness (QED) is 0.245. The highest BCUT2D eigenvalue weighted by Crippen LogP contribution is 2.25. The highest BCUT2D eigenvalue weighted by molar-refractivity contribution is 6.30. The summed E-state index contributed by atoms with van der Waals surface area (Å²) >= 11 is 6.07. The molecule has 1 atom stereocenters. The van der Waals surface area contributed by atoms with Gasteiger partial charge in [0.25, 0.3) is 0 Å². The third kappa shape index (κ3) is 8.92. The first kappa shape index (κ1) is 28.2. The molecule has 7 heteroatoms. The van der Waals surface area contributed by atoms with Crippen LogP contribution in [0.1, 0.15) is 51.3 Å². The van der Waals surface area contributed by atoms with Gasteiger partial charge in [-0.05, 0) is 73.7 Å². The summed E-state index contributed by atoms with van der Waals surface area (Å²) in [5.41, 5.74) is 2.93. The van der Waals surface area contributed by atoms with Crippen LogP contribution in [0.2, 0.25) is 5.02 Å². The average Bonchev–Trinajstić information content (AvgIpc) is 2.85. The monoisotopic (exact) mass is 523 g/mol. The molecule has 0 aliphatic heterocycles. The first-order chi connectivity index (χ1) is 17.5. The Morgan fingerprint density at radius 1 is 0.973 bits per heavy atom. The molecule has 196 valence electrons. The Bertz CT molecular complexity index is 1200. The normalized spacial score (nSPS) is 12.1. The molecule has 0 saturated heterocycles. The molecule has 0 aliphatic carbocycles. The number of carbonyl (C=O) groups is 2. The van der Waals surface area contributed by atoms with Crippen LogP contribution in [0, 0.1) is 0 Å². The Morgan fingerprint density at radius 2 is 1.68 bits per heavy atom. The van der Waals surface area contributed by atoms with Crippen molar-refractivity contribution in [2.24, 2.45) is 0 Å². The molecule has 0 saturated carbocycles. The number of ether oxygens (including phenoxy) is 2. The minimum atomic E-state index is -0.900. The van der Waals surface area contributed by atoms with E-state index in [0.717, 1.165) is 16.7 Å². The second kappa shape index (κ2) is 12.7. The molecule has 37 heavy (non-hydrogen) atoms. The molecule has 0 fully saturated rings. The van der Waals surface area contributed by atoms with E-state index < -0.39 is 17.8 Å². The Balaban J connectivity index is 1.70. The van der Waals surface area contributed by atoms with Crippen LogP contribution in [-0.2, 0) is 16.0 Å². The highest BCUT2D eigenvalue weighted by Gasteiger charge is 2.24. The summed E-state index contributed by atoms with van der Waals surface area (Å²) in [6.07, 6.45) is -0.489. The van der Waals surface area contributed by atoms with E-state index in [1.54, 1.807) is 37.3 Å². The molecule has 1 N–H and O–H groups in total. The van der Waals surface area contributed by atoms with Crippen molar-refractivity contribution in [2.75, 3.05) is 13.1 Å². The van der Waals surface area contributed by atoms with Crippen molar-refractivity contribution in [2.45, 2.75) is 52.2 Å². The first-order valence-corrected chi connectivity index (χ1v) is 12.7. The first-order valence-electron chi connectivity index (χ1n) is 12.4. The fraction of sp³-hybridized carbons (Fsp3) is 0.333. The number of rotatable bonds is 9. The molecule has 1 amide bonds. The number of benzene rings is 3. The number of halogens is 1. The second-order valence-corrected chi connectivity index (χ2v) is 10.2. The molecule has 3 aromatic carbocycles. The van der Waals surface area contributed by atoms with Gasteiger partial charge in [0.05, 0.1) is 12.6 Å². The molecule has 0 spiro atoms. The van der Waals surface area contributed by atoms with Gasteiger partial charge in [-0.1, -0.05) is 67.1 Å². The van der Waals surface area contributed by atoms with Crippen LogP contribution in [0.4, 0.5) is 4.79 Å². The zero-order valence-corrected chi connectivity index (χ0v) is 22.5. The van der Waals surface area contributed by atoms with E-state index in [9.17, 15) is 14.7 Å². The number of hydrogen-bond acceptors (Lipinski definition) is 5. The Kier molecular flexibility index (Phi) is 9.73. The molecular formula is C30H34ClNO5. The van der Waals surface area contributed by atoms with Gasteiger partial charge in [0.2, 0.25) is 0 Å². The maximum atomic E-state index is 12.9. The van der Waals surface area contributed by atoms with E-state index in [1.807, 2.05) is 63.2 Å². The van der Waals surface area contributed by atoms with Crippen molar-refractivity contribution in [1.29, 1.82) is 0 Å². The van der Waals surface area contributed by atoms with E-state index in [-0.39, 0.29) is 12.5 Å². The van der Waals surface area contributed by atoms with Gasteiger partial charge in [0, 0.05) is 18.0 Å². The third-order valence-electron chi connectivity index (χ3n) is 5.59. The van der Waals surface area contributed by atoms with Crippen LogP contribution >= 0.6 is 11.6 Å². The molecule has 0 radical (unpaired) electrons. The fourth-order valence-corrected chi connectivity index (χ4v) is 3.88. The number of amides is 1. The van der Waals surface area contributed by atoms with Gasteiger partial charge in [-0.2, -0.15) is 0 Å². The van der Waals surface area contributed by atoms with E-state index in [2.05, 4.69) is 0 Å². The minimum absolute atomic E-state index is 0.0800. The zero-order valence-electron chi connectivity index (χ0n) is 21.7. The summed E-state index contributed by atoms with van der Waals surface area (Å²) < 4.78 is 10.9. The SMILES string of the molecule is CCC(=O)Oc1cccc(-c2ccc(CCN(C[C@H](O)c3cccc(Cl)c3)C(=O)OC(C)(C)C)cc2)c1. The van der Waals surface area contributed by atoms with Gasteiger partial charge in [-0.25, -0.2) is 4.79 Å². The number of hydrogen-bond donors (Lipinski definition) is 1. The number of esters is 1. The van der Waals surface area contributed by atoms with Crippen LogP contribution in [0.15, 0.2) is 72.8 Å². The molecule has 0 bridgehead atoms. The molecule has 0 aromatic heterocycles. The molecule has 0 unspecified atom stereocenters. The summed E-state index contributed by atoms with van der Waals surface area (Å²) in [6, 6.07) is 22.4. The molecule has 0 heterocycles. The van der Waals surface area contributed by atoms with Crippen molar-refractivity contribution >= 4 is 23.7 Å². The van der Waals surface area contributed by atoms with E-state index >= 15 is 0 Å². The molecule has 6 nitrogen and oxygen atoms in total. The maximum Gasteiger partial charge on any atom is 0.410 e. The standard InChI is InChI=1S/C30H34ClNO5/c1-5-28(34)36-26-11-7-8-23(19-26)22-14-12-21(13-15-22)16-17-32(29(35)37-30(2,3)4)20-27(33)24-9-6-10-25(31)18-24/h6-15,18-19,27,33H,5,16-17,20H2,1-4H3/t27-/m0/s1. The summed E-state index contributed by atoms with van der Waals surface area (Å²) in [4.78, 5) is 26.0. The van der Waals surface area contributed by atoms with E-state index in [0.29, 0.717) is 35.7 Å².